The lowest BCUT2D eigenvalue weighted by atomic mass is 9.94. The molecule has 0 spiro atoms. The van der Waals surface area contributed by atoms with Crippen molar-refractivity contribution in [1.29, 1.82) is 0 Å². The molecule has 4 rings (SSSR count). The van der Waals surface area contributed by atoms with Crippen LogP contribution in [0.25, 0.3) is 0 Å². The summed E-state index contributed by atoms with van der Waals surface area (Å²) in [6, 6.07) is 2.24. The van der Waals surface area contributed by atoms with Crippen LogP contribution in [0.3, 0.4) is 0 Å². The highest BCUT2D eigenvalue weighted by Gasteiger charge is 2.26. The molecule has 0 aliphatic carbocycles. The van der Waals surface area contributed by atoms with Crippen LogP contribution in [-0.4, -0.2) is 40.0 Å². The van der Waals surface area contributed by atoms with Crippen molar-refractivity contribution in [3.63, 3.8) is 0 Å². The van der Waals surface area contributed by atoms with Gasteiger partial charge in [0.2, 0.25) is 0 Å². The van der Waals surface area contributed by atoms with E-state index < -0.39 is 0 Å². The number of aromatic amines is 1. The molecule has 1 unspecified atom stereocenters. The first-order valence-corrected chi connectivity index (χ1v) is 9.02. The minimum absolute atomic E-state index is 0.469. The van der Waals surface area contributed by atoms with Gasteiger partial charge < -0.3 is 9.26 Å². The van der Waals surface area contributed by atoms with Gasteiger partial charge in [-0.3, -0.25) is 10.00 Å². The van der Waals surface area contributed by atoms with Crippen LogP contribution in [0.4, 0.5) is 0 Å². The molecule has 1 saturated heterocycles. The number of piperidine rings is 1. The van der Waals surface area contributed by atoms with E-state index in [0.717, 1.165) is 49.8 Å². The summed E-state index contributed by atoms with van der Waals surface area (Å²) in [4.78, 5) is 2.48. The summed E-state index contributed by atoms with van der Waals surface area (Å²) in [5.41, 5.74) is 4.66. The first kappa shape index (κ1) is 15.8. The van der Waals surface area contributed by atoms with Gasteiger partial charge in [0.1, 0.15) is 11.5 Å². The molecule has 4 heterocycles. The number of ether oxygens (including phenoxy) is 1. The zero-order chi connectivity index (χ0) is 16.5. The van der Waals surface area contributed by atoms with Gasteiger partial charge in [0.25, 0.3) is 0 Å². The lowest BCUT2D eigenvalue weighted by Crippen LogP contribution is -2.34. The number of aromatic nitrogens is 3. The summed E-state index contributed by atoms with van der Waals surface area (Å²) in [5, 5.41) is 12.0. The lowest BCUT2D eigenvalue weighted by molar-refractivity contribution is 0.102. The van der Waals surface area contributed by atoms with Gasteiger partial charge in [-0.15, -0.1) is 0 Å². The molecule has 0 saturated carbocycles. The molecule has 0 radical (unpaired) electrons. The summed E-state index contributed by atoms with van der Waals surface area (Å²) in [6.07, 6.45) is 3.27. The van der Waals surface area contributed by atoms with E-state index in [1.54, 1.807) is 0 Å². The van der Waals surface area contributed by atoms with Gasteiger partial charge in [-0.1, -0.05) is 19.0 Å². The number of hydrogen-bond acceptors (Lipinski definition) is 5. The van der Waals surface area contributed by atoms with E-state index in [4.69, 9.17) is 9.26 Å². The number of fused-ring (bicyclic) bond motifs is 1. The average Bonchev–Trinajstić information content (AvgIpc) is 3.23. The number of nitrogens with zero attached hydrogens (tertiary/aromatic N) is 3. The van der Waals surface area contributed by atoms with Crippen LogP contribution in [-0.2, 0) is 24.3 Å². The summed E-state index contributed by atoms with van der Waals surface area (Å²) in [5.74, 6) is 2.01. The number of likely N-dealkylation sites (tertiary alicyclic amines) is 1. The third kappa shape index (κ3) is 3.13. The van der Waals surface area contributed by atoms with E-state index >= 15 is 0 Å². The maximum absolute atomic E-state index is 5.57. The van der Waals surface area contributed by atoms with E-state index in [-0.39, 0.29) is 0 Å². The summed E-state index contributed by atoms with van der Waals surface area (Å²) in [6.45, 7) is 8.76. The van der Waals surface area contributed by atoms with Crippen molar-refractivity contribution in [3.8, 4) is 0 Å². The average molecular weight is 330 g/mol. The molecule has 24 heavy (non-hydrogen) atoms. The lowest BCUT2D eigenvalue weighted by Gasteiger charge is -2.31. The Labute approximate surface area is 142 Å². The Hall–Kier alpha value is -1.66. The fraction of sp³-hybridized carbons (Fsp3) is 0.667. The van der Waals surface area contributed by atoms with Crippen LogP contribution in [0.15, 0.2) is 10.6 Å². The minimum Gasteiger partial charge on any atom is -0.376 e. The van der Waals surface area contributed by atoms with E-state index in [2.05, 4.69) is 40.2 Å². The van der Waals surface area contributed by atoms with E-state index in [1.807, 2.05) is 0 Å². The van der Waals surface area contributed by atoms with Gasteiger partial charge in [0.15, 0.2) is 0 Å². The Bertz CT molecular complexity index is 691. The van der Waals surface area contributed by atoms with Crippen molar-refractivity contribution in [2.45, 2.75) is 58.1 Å². The van der Waals surface area contributed by atoms with Gasteiger partial charge in [0, 0.05) is 36.7 Å². The summed E-state index contributed by atoms with van der Waals surface area (Å²) < 4.78 is 11.1. The van der Waals surface area contributed by atoms with Crippen molar-refractivity contribution in [2.24, 2.45) is 0 Å². The predicted molar refractivity (Wildman–Crippen MR) is 89.8 cm³/mol. The molecule has 0 amide bonds. The molecular formula is C18H26N4O2. The third-order valence-electron chi connectivity index (χ3n) is 5.20. The molecule has 6 nitrogen and oxygen atoms in total. The minimum atomic E-state index is 0.469. The molecule has 1 N–H and O–H groups in total. The van der Waals surface area contributed by atoms with Gasteiger partial charge in [0.05, 0.1) is 18.9 Å². The fourth-order valence-corrected chi connectivity index (χ4v) is 3.73. The quantitative estimate of drug-likeness (QED) is 0.933. The molecule has 1 fully saturated rings. The zero-order valence-corrected chi connectivity index (χ0v) is 14.5. The maximum Gasteiger partial charge on any atom is 0.144 e. The van der Waals surface area contributed by atoms with Crippen molar-refractivity contribution in [1.82, 2.24) is 20.3 Å². The van der Waals surface area contributed by atoms with Crippen LogP contribution in [0.5, 0.6) is 0 Å². The van der Waals surface area contributed by atoms with Crippen LogP contribution in [0.2, 0.25) is 0 Å². The highest BCUT2D eigenvalue weighted by atomic mass is 16.5. The molecule has 0 bridgehead atoms. The molecule has 6 heteroatoms. The monoisotopic (exact) mass is 330 g/mol. The van der Waals surface area contributed by atoms with Gasteiger partial charge >= 0.3 is 0 Å². The molecule has 2 aromatic rings. The first-order valence-electron chi connectivity index (χ1n) is 9.02. The fourth-order valence-electron chi connectivity index (χ4n) is 3.73. The highest BCUT2D eigenvalue weighted by Crippen LogP contribution is 2.29. The van der Waals surface area contributed by atoms with Gasteiger partial charge in [-0.2, -0.15) is 5.10 Å². The predicted octanol–water partition coefficient (Wildman–Crippen LogP) is 2.97. The number of H-pyrrole nitrogens is 1. The normalized spacial score (nSPS) is 22.0. The number of nitrogens with one attached hydrogen (secondary N) is 1. The molecule has 2 aliphatic heterocycles. The molecule has 130 valence electrons. The van der Waals surface area contributed by atoms with Crippen molar-refractivity contribution >= 4 is 0 Å². The molecule has 2 aliphatic rings. The SMILES string of the molecule is CC(C)c1cc(C2CCCN(Cc3noc4c3COCC4)C2)[nH]n1. The summed E-state index contributed by atoms with van der Waals surface area (Å²) in [7, 11) is 0. The standard InChI is InChI=1S/C18H26N4O2/c1-12(2)15-8-16(20-19-15)13-4-3-6-22(9-13)10-17-14-11-23-7-5-18(14)24-21-17/h8,12-13H,3-7,9-11H2,1-2H3,(H,19,20). The van der Waals surface area contributed by atoms with Crippen molar-refractivity contribution in [3.05, 3.63) is 34.5 Å². The molecule has 0 aromatic carbocycles. The van der Waals surface area contributed by atoms with E-state index in [0.29, 0.717) is 18.4 Å². The van der Waals surface area contributed by atoms with Crippen LogP contribution >= 0.6 is 0 Å². The van der Waals surface area contributed by atoms with Crippen LogP contribution in [0.1, 0.15) is 66.9 Å². The summed E-state index contributed by atoms with van der Waals surface area (Å²) >= 11 is 0. The number of hydrogen-bond donors (Lipinski definition) is 1. The highest BCUT2D eigenvalue weighted by molar-refractivity contribution is 5.24. The largest absolute Gasteiger partial charge is 0.376 e. The van der Waals surface area contributed by atoms with Crippen LogP contribution < -0.4 is 0 Å². The maximum atomic E-state index is 5.57. The van der Waals surface area contributed by atoms with Crippen molar-refractivity contribution < 1.29 is 9.26 Å². The molecule has 2 aromatic heterocycles. The number of rotatable bonds is 4. The van der Waals surface area contributed by atoms with Gasteiger partial charge in [-0.05, 0) is 31.4 Å². The third-order valence-corrected chi connectivity index (χ3v) is 5.20. The van der Waals surface area contributed by atoms with E-state index in [9.17, 15) is 0 Å². The topological polar surface area (TPSA) is 67.2 Å². The Morgan fingerprint density at radius 2 is 2.33 bits per heavy atom. The molecule has 1 atom stereocenters. The Morgan fingerprint density at radius 3 is 3.17 bits per heavy atom. The Kier molecular flexibility index (Phi) is 4.41. The van der Waals surface area contributed by atoms with Crippen LogP contribution in [0, 0.1) is 0 Å². The molecular weight excluding hydrogens is 304 g/mol. The second-order valence-corrected chi connectivity index (χ2v) is 7.31. The smallest absolute Gasteiger partial charge is 0.144 e. The van der Waals surface area contributed by atoms with E-state index in [1.165, 1.54) is 24.1 Å². The van der Waals surface area contributed by atoms with Gasteiger partial charge in [-0.25, -0.2) is 0 Å². The zero-order valence-electron chi connectivity index (χ0n) is 14.5. The van der Waals surface area contributed by atoms with Crippen molar-refractivity contribution in [2.75, 3.05) is 19.7 Å². The Balaban J connectivity index is 1.44. The Morgan fingerprint density at radius 1 is 1.42 bits per heavy atom. The first-order chi connectivity index (χ1) is 11.7. The second kappa shape index (κ2) is 6.69. The second-order valence-electron chi connectivity index (χ2n) is 7.31.